The first-order valence-electron chi connectivity index (χ1n) is 5.22. The van der Waals surface area contributed by atoms with Gasteiger partial charge >= 0.3 is 0 Å². The van der Waals surface area contributed by atoms with E-state index >= 15 is 0 Å². The molecule has 0 bridgehead atoms. The Morgan fingerprint density at radius 2 is 2.22 bits per heavy atom. The van der Waals surface area contributed by atoms with Gasteiger partial charge in [0.2, 0.25) is 5.88 Å². The fourth-order valence-electron chi connectivity index (χ4n) is 1.44. The molecule has 2 rings (SSSR count). The molecule has 1 aromatic heterocycles. The summed E-state index contributed by atoms with van der Waals surface area (Å²) in [6.07, 6.45) is 0. The number of nitrogens with one attached hydrogen (secondary N) is 1. The molecule has 2 aromatic rings. The number of aromatic hydroxyl groups is 1. The van der Waals surface area contributed by atoms with Crippen LogP contribution in [0.15, 0.2) is 28.8 Å². The summed E-state index contributed by atoms with van der Waals surface area (Å²) < 4.78 is 9.75. The molecule has 94 valence electrons. The molecule has 0 aliphatic carbocycles. The number of anilines is 1. The van der Waals surface area contributed by atoms with Crippen molar-refractivity contribution >= 4 is 11.8 Å². The Hall–Kier alpha value is -2.50. The zero-order valence-corrected chi connectivity index (χ0v) is 9.93. The third-order valence-electron chi connectivity index (χ3n) is 2.31. The van der Waals surface area contributed by atoms with E-state index in [1.807, 2.05) is 0 Å². The molecule has 0 aliphatic rings. The number of ether oxygens (including phenoxy) is 1. The average Bonchev–Trinajstić information content (AvgIpc) is 2.74. The summed E-state index contributed by atoms with van der Waals surface area (Å²) in [5.41, 5.74) is 0.963. The van der Waals surface area contributed by atoms with E-state index in [-0.39, 0.29) is 11.6 Å². The number of phenols is 1. The maximum Gasteiger partial charge on any atom is 0.258 e. The highest BCUT2D eigenvalue weighted by molar-refractivity contribution is 6.03. The smallest absolute Gasteiger partial charge is 0.258 e. The van der Waals surface area contributed by atoms with E-state index in [1.165, 1.54) is 25.3 Å². The number of benzene rings is 1. The van der Waals surface area contributed by atoms with Gasteiger partial charge in [0.15, 0.2) is 11.5 Å². The molecule has 2 N–H and O–H groups in total. The minimum Gasteiger partial charge on any atom is -0.504 e. The lowest BCUT2D eigenvalue weighted by atomic mass is 10.2. The highest BCUT2D eigenvalue weighted by Crippen LogP contribution is 2.26. The summed E-state index contributed by atoms with van der Waals surface area (Å²) in [4.78, 5) is 11.8. The van der Waals surface area contributed by atoms with E-state index in [2.05, 4.69) is 10.5 Å². The number of nitrogens with zero attached hydrogens (tertiary/aromatic N) is 1. The molecule has 1 amide bonds. The molecule has 0 saturated carbocycles. The largest absolute Gasteiger partial charge is 0.504 e. The van der Waals surface area contributed by atoms with E-state index < -0.39 is 5.91 Å². The zero-order chi connectivity index (χ0) is 13.1. The maximum absolute atomic E-state index is 11.8. The standard InChI is InChI=1S/C12H12N2O4/c1-7-5-11(18-14-7)13-12(16)8-3-4-10(17-2)9(15)6-8/h3-6,15H,1-2H3,(H,13,16). The molecule has 6 heteroatoms. The van der Waals surface area contributed by atoms with Gasteiger partial charge in [-0.1, -0.05) is 5.16 Å². The van der Waals surface area contributed by atoms with Gasteiger partial charge in [0.05, 0.1) is 12.8 Å². The first-order chi connectivity index (χ1) is 8.60. The van der Waals surface area contributed by atoms with Crippen molar-refractivity contribution in [2.45, 2.75) is 6.92 Å². The molecule has 1 aromatic carbocycles. The van der Waals surface area contributed by atoms with E-state index in [4.69, 9.17) is 9.26 Å². The Labute approximate surface area is 103 Å². The number of aromatic nitrogens is 1. The Balaban J connectivity index is 2.16. The van der Waals surface area contributed by atoms with Crippen molar-refractivity contribution < 1.29 is 19.2 Å². The molecule has 1 heterocycles. The van der Waals surface area contributed by atoms with Crippen LogP contribution >= 0.6 is 0 Å². The number of methoxy groups -OCH3 is 1. The molecule has 6 nitrogen and oxygen atoms in total. The molecule has 0 fully saturated rings. The number of rotatable bonds is 3. The number of hydrogen-bond acceptors (Lipinski definition) is 5. The van der Waals surface area contributed by atoms with Crippen LogP contribution in [0.1, 0.15) is 16.1 Å². The summed E-state index contributed by atoms with van der Waals surface area (Å²) in [6, 6.07) is 5.96. The minimum atomic E-state index is -0.399. The molecular formula is C12H12N2O4. The fourth-order valence-corrected chi connectivity index (χ4v) is 1.44. The second kappa shape index (κ2) is 4.79. The molecule has 0 spiro atoms. The SMILES string of the molecule is COc1ccc(C(=O)Nc2cc(C)no2)cc1O. The topological polar surface area (TPSA) is 84.6 Å². The van der Waals surface area contributed by atoms with Crippen molar-refractivity contribution in [2.24, 2.45) is 0 Å². The second-order valence-corrected chi connectivity index (χ2v) is 3.67. The van der Waals surface area contributed by atoms with Crippen LogP contribution in [0.25, 0.3) is 0 Å². The van der Waals surface area contributed by atoms with Gasteiger partial charge in [-0.15, -0.1) is 0 Å². The van der Waals surface area contributed by atoms with Gasteiger partial charge in [0.1, 0.15) is 0 Å². The Morgan fingerprint density at radius 1 is 1.44 bits per heavy atom. The Morgan fingerprint density at radius 3 is 2.78 bits per heavy atom. The summed E-state index contributed by atoms with van der Waals surface area (Å²) in [5.74, 6) is 0.0675. The molecule has 0 saturated heterocycles. The number of carbonyl (C=O) groups is 1. The lowest BCUT2D eigenvalue weighted by Crippen LogP contribution is -2.11. The van der Waals surface area contributed by atoms with Crippen LogP contribution in [0.5, 0.6) is 11.5 Å². The minimum absolute atomic E-state index is 0.0982. The summed E-state index contributed by atoms with van der Waals surface area (Å²) >= 11 is 0. The first-order valence-corrected chi connectivity index (χ1v) is 5.22. The van der Waals surface area contributed by atoms with Gasteiger partial charge < -0.3 is 14.4 Å². The Bertz CT molecular complexity index is 577. The van der Waals surface area contributed by atoms with Gasteiger partial charge in [-0.3, -0.25) is 10.1 Å². The van der Waals surface area contributed by atoms with Gasteiger partial charge in [-0.25, -0.2) is 0 Å². The van der Waals surface area contributed by atoms with Crippen LogP contribution in [0, 0.1) is 6.92 Å². The van der Waals surface area contributed by atoms with Crippen LogP contribution in [-0.2, 0) is 0 Å². The van der Waals surface area contributed by atoms with Crippen molar-refractivity contribution in [3.05, 3.63) is 35.5 Å². The van der Waals surface area contributed by atoms with Gasteiger partial charge in [0.25, 0.3) is 5.91 Å². The number of carbonyl (C=O) groups excluding carboxylic acids is 1. The predicted molar refractivity (Wildman–Crippen MR) is 63.9 cm³/mol. The number of amides is 1. The van der Waals surface area contributed by atoms with Crippen molar-refractivity contribution in [3.63, 3.8) is 0 Å². The molecule has 0 unspecified atom stereocenters. The molecular weight excluding hydrogens is 236 g/mol. The molecule has 0 radical (unpaired) electrons. The lowest BCUT2D eigenvalue weighted by molar-refractivity contribution is 0.102. The molecule has 18 heavy (non-hydrogen) atoms. The highest BCUT2D eigenvalue weighted by Gasteiger charge is 2.11. The van der Waals surface area contributed by atoms with Crippen LogP contribution < -0.4 is 10.1 Å². The fraction of sp³-hybridized carbons (Fsp3) is 0.167. The van der Waals surface area contributed by atoms with Crippen molar-refractivity contribution in [1.82, 2.24) is 5.16 Å². The number of phenolic OH excluding ortho intramolecular Hbond substituents is 1. The predicted octanol–water partition coefficient (Wildman–Crippen LogP) is 1.95. The normalized spacial score (nSPS) is 10.1. The van der Waals surface area contributed by atoms with Gasteiger partial charge in [0, 0.05) is 11.6 Å². The van der Waals surface area contributed by atoms with E-state index in [1.54, 1.807) is 13.0 Å². The summed E-state index contributed by atoms with van der Waals surface area (Å²) in [6.45, 7) is 1.75. The van der Waals surface area contributed by atoms with Crippen molar-refractivity contribution in [3.8, 4) is 11.5 Å². The quantitative estimate of drug-likeness (QED) is 0.867. The first kappa shape index (κ1) is 12.0. The zero-order valence-electron chi connectivity index (χ0n) is 9.93. The maximum atomic E-state index is 11.8. The highest BCUT2D eigenvalue weighted by atomic mass is 16.5. The molecule has 0 aliphatic heterocycles. The van der Waals surface area contributed by atoms with Crippen LogP contribution in [0.2, 0.25) is 0 Å². The second-order valence-electron chi connectivity index (χ2n) is 3.67. The number of hydrogen-bond donors (Lipinski definition) is 2. The van der Waals surface area contributed by atoms with Crippen LogP contribution in [0.4, 0.5) is 5.88 Å². The van der Waals surface area contributed by atoms with Crippen LogP contribution in [0.3, 0.4) is 0 Å². The van der Waals surface area contributed by atoms with E-state index in [9.17, 15) is 9.90 Å². The van der Waals surface area contributed by atoms with Crippen LogP contribution in [-0.4, -0.2) is 23.3 Å². The van der Waals surface area contributed by atoms with Crippen molar-refractivity contribution in [1.29, 1.82) is 0 Å². The summed E-state index contributed by atoms with van der Waals surface area (Å²) in [7, 11) is 1.44. The molecule has 0 atom stereocenters. The lowest BCUT2D eigenvalue weighted by Gasteiger charge is -2.05. The number of aryl methyl sites for hydroxylation is 1. The van der Waals surface area contributed by atoms with Crippen molar-refractivity contribution in [2.75, 3.05) is 12.4 Å². The van der Waals surface area contributed by atoms with E-state index in [0.29, 0.717) is 17.0 Å². The third kappa shape index (κ3) is 2.42. The van der Waals surface area contributed by atoms with Gasteiger partial charge in [-0.05, 0) is 25.1 Å². The van der Waals surface area contributed by atoms with Gasteiger partial charge in [-0.2, -0.15) is 0 Å². The Kier molecular flexibility index (Phi) is 3.18. The monoisotopic (exact) mass is 248 g/mol. The summed E-state index contributed by atoms with van der Waals surface area (Å²) in [5, 5.41) is 15.7. The third-order valence-corrected chi connectivity index (χ3v) is 2.31. The van der Waals surface area contributed by atoms with E-state index in [0.717, 1.165) is 0 Å². The average molecular weight is 248 g/mol.